The number of carbonyl (C=O) groups excluding carboxylic acids is 1. The molecule has 0 aromatic carbocycles. The van der Waals surface area contributed by atoms with Gasteiger partial charge in [0.25, 0.3) is 5.91 Å². The Morgan fingerprint density at radius 2 is 2.35 bits per heavy atom. The van der Waals surface area contributed by atoms with Crippen LogP contribution in [0.25, 0.3) is 0 Å². The molecule has 1 amide bonds. The summed E-state index contributed by atoms with van der Waals surface area (Å²) in [5, 5.41) is 6.40. The highest BCUT2D eigenvalue weighted by molar-refractivity contribution is 9.10. The molecular weight excluding hydrogens is 286 g/mol. The van der Waals surface area contributed by atoms with Crippen LogP contribution in [0, 0.1) is 6.92 Å². The van der Waals surface area contributed by atoms with Crippen LogP contribution in [0.1, 0.15) is 23.2 Å². The van der Waals surface area contributed by atoms with Crippen LogP contribution in [-0.4, -0.2) is 15.6 Å². The number of amides is 1. The van der Waals surface area contributed by atoms with Crippen molar-refractivity contribution in [3.63, 3.8) is 0 Å². The molecule has 17 heavy (non-hydrogen) atoms. The molecule has 90 valence electrons. The summed E-state index contributed by atoms with van der Waals surface area (Å²) < 4.78 is 7.61. The molecule has 1 N–H and O–H groups in total. The fourth-order valence-electron chi connectivity index (χ4n) is 1.53. The van der Waals surface area contributed by atoms with E-state index in [9.17, 15) is 4.79 Å². The summed E-state index contributed by atoms with van der Waals surface area (Å²) in [5.41, 5.74) is 0.583. The van der Waals surface area contributed by atoms with Crippen molar-refractivity contribution < 1.29 is 9.32 Å². The molecule has 0 radical (unpaired) electrons. The minimum absolute atomic E-state index is 0.203. The lowest BCUT2D eigenvalue weighted by molar-refractivity contribution is 0.101. The Hall–Kier alpha value is -1.56. The SMILES string of the molecule is CCn1cc(Br)cc1C(=O)Nc1cc(C)on1. The quantitative estimate of drug-likeness (QED) is 0.948. The molecule has 0 saturated carbocycles. The van der Waals surface area contributed by atoms with Gasteiger partial charge in [-0.05, 0) is 35.8 Å². The van der Waals surface area contributed by atoms with Gasteiger partial charge in [-0.15, -0.1) is 0 Å². The van der Waals surface area contributed by atoms with Gasteiger partial charge in [-0.2, -0.15) is 0 Å². The maximum atomic E-state index is 12.0. The number of anilines is 1. The van der Waals surface area contributed by atoms with Crippen molar-refractivity contribution in [3.05, 3.63) is 34.3 Å². The Balaban J connectivity index is 2.19. The molecule has 2 rings (SSSR count). The number of hydrogen-bond acceptors (Lipinski definition) is 3. The van der Waals surface area contributed by atoms with Gasteiger partial charge in [0, 0.05) is 23.3 Å². The molecule has 2 heterocycles. The van der Waals surface area contributed by atoms with Crippen molar-refractivity contribution >= 4 is 27.7 Å². The van der Waals surface area contributed by atoms with Crippen LogP contribution < -0.4 is 5.32 Å². The molecule has 0 bridgehead atoms. The number of rotatable bonds is 3. The van der Waals surface area contributed by atoms with Gasteiger partial charge >= 0.3 is 0 Å². The first-order valence-corrected chi connectivity index (χ1v) is 5.99. The number of aromatic nitrogens is 2. The molecule has 2 aromatic heterocycles. The zero-order valence-corrected chi connectivity index (χ0v) is 11.1. The predicted molar refractivity (Wildman–Crippen MR) is 67.0 cm³/mol. The highest BCUT2D eigenvalue weighted by atomic mass is 79.9. The van der Waals surface area contributed by atoms with Crippen molar-refractivity contribution in [2.75, 3.05) is 5.32 Å². The highest BCUT2D eigenvalue weighted by Crippen LogP contribution is 2.16. The smallest absolute Gasteiger partial charge is 0.273 e. The lowest BCUT2D eigenvalue weighted by Gasteiger charge is -2.04. The van der Waals surface area contributed by atoms with Crippen molar-refractivity contribution in [1.29, 1.82) is 0 Å². The molecule has 0 spiro atoms. The normalized spacial score (nSPS) is 10.5. The lowest BCUT2D eigenvalue weighted by Crippen LogP contribution is -2.16. The van der Waals surface area contributed by atoms with Gasteiger partial charge in [-0.1, -0.05) is 5.16 Å². The van der Waals surface area contributed by atoms with E-state index in [4.69, 9.17) is 4.52 Å². The fourth-order valence-corrected chi connectivity index (χ4v) is 2.00. The van der Waals surface area contributed by atoms with Crippen LogP contribution >= 0.6 is 15.9 Å². The van der Waals surface area contributed by atoms with Gasteiger partial charge in [0.05, 0.1) is 0 Å². The predicted octanol–water partition coefficient (Wildman–Crippen LogP) is 2.82. The van der Waals surface area contributed by atoms with Crippen molar-refractivity contribution in [2.24, 2.45) is 0 Å². The zero-order valence-electron chi connectivity index (χ0n) is 9.53. The van der Waals surface area contributed by atoms with Gasteiger partial charge in [-0.25, -0.2) is 0 Å². The van der Waals surface area contributed by atoms with Crippen molar-refractivity contribution in [1.82, 2.24) is 9.72 Å². The van der Waals surface area contributed by atoms with E-state index in [-0.39, 0.29) is 5.91 Å². The maximum Gasteiger partial charge on any atom is 0.273 e. The molecule has 0 aliphatic heterocycles. The van der Waals surface area contributed by atoms with Crippen molar-refractivity contribution in [2.45, 2.75) is 20.4 Å². The van der Waals surface area contributed by atoms with Crippen LogP contribution in [0.5, 0.6) is 0 Å². The van der Waals surface area contributed by atoms with Crippen LogP contribution in [0.4, 0.5) is 5.82 Å². The van der Waals surface area contributed by atoms with Crippen LogP contribution in [0.3, 0.4) is 0 Å². The van der Waals surface area contributed by atoms with Gasteiger partial charge in [0.1, 0.15) is 11.5 Å². The van der Waals surface area contributed by atoms with E-state index in [0.29, 0.717) is 17.3 Å². The van der Waals surface area contributed by atoms with Crippen LogP contribution in [0.2, 0.25) is 0 Å². The molecule has 0 aliphatic carbocycles. The van der Waals surface area contributed by atoms with Crippen LogP contribution in [0.15, 0.2) is 27.3 Å². The second-order valence-electron chi connectivity index (χ2n) is 3.61. The Labute approximate surface area is 107 Å². The molecule has 0 saturated heterocycles. The van der Waals surface area contributed by atoms with E-state index >= 15 is 0 Å². The number of nitrogens with zero attached hydrogens (tertiary/aromatic N) is 2. The maximum absolute atomic E-state index is 12.0. The molecule has 2 aromatic rings. The van der Waals surface area contributed by atoms with Gasteiger partial charge in [0.2, 0.25) is 0 Å². The zero-order chi connectivity index (χ0) is 12.4. The Morgan fingerprint density at radius 1 is 1.59 bits per heavy atom. The molecule has 5 nitrogen and oxygen atoms in total. The van der Waals surface area contributed by atoms with Gasteiger partial charge in [0.15, 0.2) is 5.82 Å². The summed E-state index contributed by atoms with van der Waals surface area (Å²) in [6, 6.07) is 3.44. The first kappa shape index (κ1) is 11.9. The van der Waals surface area contributed by atoms with Gasteiger partial charge in [-0.3, -0.25) is 4.79 Å². The Bertz CT molecular complexity index is 545. The minimum atomic E-state index is -0.203. The fraction of sp³-hybridized carbons (Fsp3) is 0.273. The molecule has 0 aliphatic rings. The van der Waals surface area contributed by atoms with E-state index in [1.54, 1.807) is 19.1 Å². The number of hydrogen-bond donors (Lipinski definition) is 1. The largest absolute Gasteiger partial charge is 0.360 e. The molecule has 0 fully saturated rings. The van der Waals surface area contributed by atoms with E-state index in [1.165, 1.54) is 0 Å². The Morgan fingerprint density at radius 3 is 2.94 bits per heavy atom. The summed E-state index contributed by atoms with van der Waals surface area (Å²) in [6.45, 7) is 4.48. The summed E-state index contributed by atoms with van der Waals surface area (Å²) in [4.78, 5) is 12.0. The first-order chi connectivity index (χ1) is 8.10. The van der Waals surface area contributed by atoms with E-state index in [0.717, 1.165) is 11.0 Å². The first-order valence-electron chi connectivity index (χ1n) is 5.20. The summed E-state index contributed by atoms with van der Waals surface area (Å²) >= 11 is 3.35. The third-order valence-electron chi connectivity index (χ3n) is 2.31. The number of aryl methyl sites for hydroxylation is 2. The average Bonchev–Trinajstić information content (AvgIpc) is 2.84. The van der Waals surface area contributed by atoms with E-state index in [1.807, 2.05) is 17.7 Å². The second kappa shape index (κ2) is 4.75. The van der Waals surface area contributed by atoms with E-state index in [2.05, 4.69) is 26.4 Å². The van der Waals surface area contributed by atoms with E-state index < -0.39 is 0 Å². The standard InChI is InChI=1S/C11H12BrN3O2/c1-3-15-6-8(12)5-9(15)11(16)13-10-4-7(2)17-14-10/h4-6H,3H2,1-2H3,(H,13,14,16). The molecular formula is C11H12BrN3O2. The third kappa shape index (κ3) is 2.58. The van der Waals surface area contributed by atoms with Crippen LogP contribution in [-0.2, 0) is 6.54 Å². The average molecular weight is 298 g/mol. The minimum Gasteiger partial charge on any atom is -0.360 e. The number of carbonyl (C=O) groups is 1. The summed E-state index contributed by atoms with van der Waals surface area (Å²) in [6.07, 6.45) is 1.86. The number of halogens is 1. The third-order valence-corrected chi connectivity index (χ3v) is 2.74. The Kier molecular flexibility index (Phi) is 3.33. The molecule has 6 heteroatoms. The lowest BCUT2D eigenvalue weighted by atomic mass is 10.4. The summed E-state index contributed by atoms with van der Waals surface area (Å²) in [7, 11) is 0. The number of nitrogens with one attached hydrogen (secondary N) is 1. The molecule has 0 unspecified atom stereocenters. The highest BCUT2D eigenvalue weighted by Gasteiger charge is 2.13. The van der Waals surface area contributed by atoms with Gasteiger partial charge < -0.3 is 14.4 Å². The second-order valence-corrected chi connectivity index (χ2v) is 4.52. The molecule has 0 atom stereocenters. The summed E-state index contributed by atoms with van der Waals surface area (Å²) in [5.74, 6) is 0.880. The van der Waals surface area contributed by atoms with Crippen molar-refractivity contribution in [3.8, 4) is 0 Å². The topological polar surface area (TPSA) is 60.1 Å². The monoisotopic (exact) mass is 297 g/mol.